The van der Waals surface area contributed by atoms with E-state index in [2.05, 4.69) is 16.0 Å². The highest BCUT2D eigenvalue weighted by atomic mass is 32.2. The van der Waals surface area contributed by atoms with Crippen molar-refractivity contribution in [3.63, 3.8) is 0 Å². The molecular weight excluding hydrogens is 377 g/mol. The van der Waals surface area contributed by atoms with Crippen molar-refractivity contribution in [1.82, 2.24) is 24.9 Å². The third-order valence-electron chi connectivity index (χ3n) is 3.63. The van der Waals surface area contributed by atoms with Gasteiger partial charge in [-0.1, -0.05) is 0 Å². The van der Waals surface area contributed by atoms with Crippen LogP contribution in [0.3, 0.4) is 0 Å². The fraction of sp³-hybridized carbons (Fsp3) is 0.312. The van der Waals surface area contributed by atoms with Gasteiger partial charge in [-0.2, -0.15) is 9.40 Å². The van der Waals surface area contributed by atoms with Gasteiger partial charge in [0.25, 0.3) is 11.8 Å². The van der Waals surface area contributed by atoms with Crippen LogP contribution in [0.4, 0.5) is 4.39 Å². The molecule has 0 spiro atoms. The number of carbonyl (C=O) groups is 2. The number of sulfonamides is 1. The maximum Gasteiger partial charge on any atom is 0.260 e. The van der Waals surface area contributed by atoms with E-state index in [9.17, 15) is 22.4 Å². The molecule has 0 aliphatic carbocycles. The first-order valence-corrected chi connectivity index (χ1v) is 9.34. The molecule has 9 nitrogen and oxygen atoms in total. The number of nitrogens with zero attached hydrogens (tertiary/aromatic N) is 3. The van der Waals surface area contributed by atoms with E-state index >= 15 is 0 Å². The molecule has 2 N–H and O–H groups in total. The first-order chi connectivity index (χ1) is 12.6. The summed E-state index contributed by atoms with van der Waals surface area (Å²) in [6.45, 7) is 2.96. The number of amides is 2. The number of carbonyl (C=O) groups excluding carboxylic acids is 2. The highest BCUT2D eigenvalue weighted by molar-refractivity contribution is 7.89. The molecule has 0 radical (unpaired) electrons. The summed E-state index contributed by atoms with van der Waals surface area (Å²) in [5.41, 5.74) is 5.90. The first kappa shape index (κ1) is 20.5. The number of nitrogens with one attached hydrogen (secondary N) is 2. The Morgan fingerprint density at radius 1 is 1.15 bits per heavy atom. The van der Waals surface area contributed by atoms with Crippen LogP contribution in [0.5, 0.6) is 0 Å². The van der Waals surface area contributed by atoms with Crippen LogP contribution in [-0.4, -0.2) is 47.9 Å². The third kappa shape index (κ3) is 5.34. The molecule has 0 bridgehead atoms. The lowest BCUT2D eigenvalue weighted by Crippen LogP contribution is -2.47. The molecule has 0 atom stereocenters. The van der Waals surface area contributed by atoms with Gasteiger partial charge in [-0.05, 0) is 44.2 Å². The van der Waals surface area contributed by atoms with Gasteiger partial charge in [-0.15, -0.1) is 0 Å². The van der Waals surface area contributed by atoms with Crippen LogP contribution in [0.1, 0.15) is 11.4 Å². The van der Waals surface area contributed by atoms with E-state index in [1.165, 1.54) is 11.7 Å². The zero-order chi connectivity index (χ0) is 20.2. The Kier molecular flexibility index (Phi) is 6.28. The second-order valence-electron chi connectivity index (χ2n) is 5.90. The SMILES string of the molecule is Cc1cc(C)n(CC(=O)NNC(=O)CN(C)S(=O)(=O)c2ccc(F)cc2)n1. The molecule has 2 aromatic rings. The number of hydrazine groups is 1. The molecule has 0 aliphatic rings. The van der Waals surface area contributed by atoms with E-state index in [1.807, 2.05) is 0 Å². The van der Waals surface area contributed by atoms with Gasteiger partial charge in [-0.3, -0.25) is 25.1 Å². The summed E-state index contributed by atoms with van der Waals surface area (Å²) >= 11 is 0. The number of benzene rings is 1. The Morgan fingerprint density at radius 3 is 2.30 bits per heavy atom. The van der Waals surface area contributed by atoms with E-state index in [1.54, 1.807) is 19.9 Å². The number of halogens is 1. The molecule has 0 aliphatic heterocycles. The Balaban J connectivity index is 1.88. The maximum atomic E-state index is 12.9. The Bertz CT molecular complexity index is 940. The Labute approximate surface area is 156 Å². The van der Waals surface area contributed by atoms with Crippen LogP contribution in [0, 0.1) is 19.7 Å². The average Bonchev–Trinajstić information content (AvgIpc) is 2.90. The van der Waals surface area contributed by atoms with Crippen molar-refractivity contribution in [1.29, 1.82) is 0 Å². The van der Waals surface area contributed by atoms with Crippen molar-refractivity contribution in [3.05, 3.63) is 47.5 Å². The largest absolute Gasteiger partial charge is 0.272 e. The molecule has 11 heteroatoms. The molecule has 0 saturated heterocycles. The highest BCUT2D eigenvalue weighted by Crippen LogP contribution is 2.14. The molecule has 2 amide bonds. The molecular formula is C16H20FN5O4S. The second-order valence-corrected chi connectivity index (χ2v) is 7.94. The molecule has 1 aromatic carbocycles. The van der Waals surface area contributed by atoms with Crippen LogP contribution in [0.15, 0.2) is 35.2 Å². The number of rotatable bonds is 6. The summed E-state index contributed by atoms with van der Waals surface area (Å²) in [7, 11) is -2.76. The number of hydrogen-bond acceptors (Lipinski definition) is 5. The van der Waals surface area contributed by atoms with Gasteiger partial charge < -0.3 is 0 Å². The first-order valence-electron chi connectivity index (χ1n) is 7.90. The van der Waals surface area contributed by atoms with Crippen molar-refractivity contribution in [2.75, 3.05) is 13.6 Å². The van der Waals surface area contributed by atoms with Gasteiger partial charge >= 0.3 is 0 Å². The average molecular weight is 397 g/mol. The van der Waals surface area contributed by atoms with Crippen molar-refractivity contribution >= 4 is 21.8 Å². The zero-order valence-electron chi connectivity index (χ0n) is 15.1. The van der Waals surface area contributed by atoms with Gasteiger partial charge in [0.15, 0.2) is 0 Å². The molecule has 0 saturated carbocycles. The number of aromatic nitrogens is 2. The molecule has 0 fully saturated rings. The van der Waals surface area contributed by atoms with Crippen LogP contribution in [-0.2, 0) is 26.2 Å². The van der Waals surface area contributed by atoms with Crippen molar-refractivity contribution in [3.8, 4) is 0 Å². The predicted octanol–water partition coefficient (Wildman–Crippen LogP) is 0.107. The van der Waals surface area contributed by atoms with Gasteiger partial charge in [-0.25, -0.2) is 12.8 Å². The standard InChI is InChI=1S/C16H20FN5O4S/c1-11-8-12(2)22(20-11)10-16(24)19-18-15(23)9-21(3)27(25,26)14-6-4-13(17)5-7-14/h4-8H,9-10H2,1-3H3,(H,18,23)(H,19,24). The normalized spacial score (nSPS) is 11.4. The summed E-state index contributed by atoms with van der Waals surface area (Å²) in [6.07, 6.45) is 0. The third-order valence-corrected chi connectivity index (χ3v) is 5.44. The van der Waals surface area contributed by atoms with Crippen LogP contribution in [0.25, 0.3) is 0 Å². The fourth-order valence-corrected chi connectivity index (χ4v) is 3.39. The molecule has 27 heavy (non-hydrogen) atoms. The summed E-state index contributed by atoms with van der Waals surface area (Å²) in [6, 6.07) is 6.05. The van der Waals surface area contributed by atoms with Gasteiger partial charge in [0.2, 0.25) is 10.0 Å². The monoisotopic (exact) mass is 397 g/mol. The van der Waals surface area contributed by atoms with Gasteiger partial charge in [0.1, 0.15) is 12.4 Å². The quantitative estimate of drug-likeness (QED) is 0.672. The van der Waals surface area contributed by atoms with E-state index < -0.39 is 34.2 Å². The van der Waals surface area contributed by atoms with E-state index in [0.29, 0.717) is 0 Å². The van der Waals surface area contributed by atoms with Crippen molar-refractivity contribution in [2.24, 2.45) is 0 Å². The predicted molar refractivity (Wildman–Crippen MR) is 94.2 cm³/mol. The lowest BCUT2D eigenvalue weighted by molar-refractivity contribution is -0.129. The van der Waals surface area contributed by atoms with E-state index in [0.717, 1.165) is 40.0 Å². The lowest BCUT2D eigenvalue weighted by Gasteiger charge is -2.17. The molecule has 0 unspecified atom stereocenters. The minimum absolute atomic E-state index is 0.0936. The summed E-state index contributed by atoms with van der Waals surface area (Å²) in [4.78, 5) is 23.6. The molecule has 2 rings (SSSR count). The van der Waals surface area contributed by atoms with Crippen molar-refractivity contribution in [2.45, 2.75) is 25.3 Å². The number of aryl methyl sites for hydroxylation is 2. The summed E-state index contributed by atoms with van der Waals surface area (Å²) in [5, 5.41) is 4.13. The fourth-order valence-electron chi connectivity index (χ4n) is 2.26. The van der Waals surface area contributed by atoms with E-state index in [4.69, 9.17) is 0 Å². The topological polar surface area (TPSA) is 113 Å². The Morgan fingerprint density at radius 2 is 1.74 bits per heavy atom. The van der Waals surface area contributed by atoms with E-state index in [-0.39, 0.29) is 11.4 Å². The number of likely N-dealkylation sites (N-methyl/N-ethyl adjacent to an activating group) is 1. The molecule has 1 aromatic heterocycles. The maximum absolute atomic E-state index is 12.9. The van der Waals surface area contributed by atoms with Crippen LogP contribution < -0.4 is 10.9 Å². The zero-order valence-corrected chi connectivity index (χ0v) is 15.9. The van der Waals surface area contributed by atoms with Crippen LogP contribution >= 0.6 is 0 Å². The minimum Gasteiger partial charge on any atom is -0.272 e. The minimum atomic E-state index is -3.96. The second kappa shape index (κ2) is 8.27. The van der Waals surface area contributed by atoms with Crippen LogP contribution in [0.2, 0.25) is 0 Å². The smallest absolute Gasteiger partial charge is 0.260 e. The highest BCUT2D eigenvalue weighted by Gasteiger charge is 2.23. The summed E-state index contributed by atoms with van der Waals surface area (Å²) in [5.74, 6) is -1.82. The van der Waals surface area contributed by atoms with Gasteiger partial charge in [0.05, 0.1) is 17.1 Å². The van der Waals surface area contributed by atoms with Gasteiger partial charge in [0, 0.05) is 12.7 Å². The Hall–Kier alpha value is -2.79. The molecule has 1 heterocycles. The molecule has 146 valence electrons. The number of hydrogen-bond donors (Lipinski definition) is 2. The summed E-state index contributed by atoms with van der Waals surface area (Å²) < 4.78 is 39.8. The van der Waals surface area contributed by atoms with Crippen molar-refractivity contribution < 1.29 is 22.4 Å². The lowest BCUT2D eigenvalue weighted by atomic mass is 10.4.